The Kier molecular flexibility index (Phi) is 3.19. The predicted octanol–water partition coefficient (Wildman–Crippen LogP) is 1.03. The molecule has 2 rings (SSSR count). The molecular weight excluding hydrogens is 222 g/mol. The number of aromatic nitrogens is 1. The van der Waals surface area contributed by atoms with Crippen LogP contribution >= 0.6 is 0 Å². The zero-order valence-electron chi connectivity index (χ0n) is 9.26. The van der Waals surface area contributed by atoms with Crippen LogP contribution in [-0.4, -0.2) is 35.6 Å². The molecule has 5 heteroatoms. The van der Waals surface area contributed by atoms with Gasteiger partial charge in [0.25, 0.3) is 0 Å². The average molecular weight is 235 g/mol. The lowest BCUT2D eigenvalue weighted by atomic mass is 9.74. The monoisotopic (exact) mass is 235 g/mol. The highest BCUT2D eigenvalue weighted by molar-refractivity contribution is 5.82. The van der Waals surface area contributed by atoms with E-state index in [2.05, 4.69) is 4.98 Å². The van der Waals surface area contributed by atoms with Gasteiger partial charge in [-0.3, -0.25) is 14.6 Å². The number of ether oxygens (including phenoxy) is 1. The Labute approximate surface area is 98.4 Å². The maximum atomic E-state index is 11.5. The SMILES string of the molecule is O=Cc1cc(C2(C(=O)O)CCOCC2)ccn1. The lowest BCUT2D eigenvalue weighted by Gasteiger charge is -2.33. The van der Waals surface area contributed by atoms with Gasteiger partial charge < -0.3 is 9.84 Å². The Bertz CT molecular complexity index is 438. The Morgan fingerprint density at radius 3 is 2.76 bits per heavy atom. The minimum absolute atomic E-state index is 0.259. The van der Waals surface area contributed by atoms with Gasteiger partial charge in [-0.25, -0.2) is 0 Å². The van der Waals surface area contributed by atoms with Crippen molar-refractivity contribution in [2.45, 2.75) is 18.3 Å². The molecule has 1 aliphatic rings. The predicted molar refractivity (Wildman–Crippen MR) is 59.0 cm³/mol. The van der Waals surface area contributed by atoms with E-state index in [-0.39, 0.29) is 5.69 Å². The molecule has 0 unspecified atom stereocenters. The maximum Gasteiger partial charge on any atom is 0.314 e. The number of carboxylic acid groups (broad SMARTS) is 1. The topological polar surface area (TPSA) is 76.5 Å². The van der Waals surface area contributed by atoms with Crippen molar-refractivity contribution in [3.63, 3.8) is 0 Å². The molecule has 0 atom stereocenters. The van der Waals surface area contributed by atoms with E-state index < -0.39 is 11.4 Å². The van der Waals surface area contributed by atoms with Crippen LogP contribution in [0.5, 0.6) is 0 Å². The first kappa shape index (κ1) is 11.7. The van der Waals surface area contributed by atoms with E-state index in [1.165, 1.54) is 6.20 Å². The third kappa shape index (κ3) is 2.06. The van der Waals surface area contributed by atoms with E-state index >= 15 is 0 Å². The summed E-state index contributed by atoms with van der Waals surface area (Å²) in [6.07, 6.45) is 2.94. The summed E-state index contributed by atoms with van der Waals surface area (Å²) in [6.45, 7) is 0.843. The molecular formula is C12H13NO4. The summed E-state index contributed by atoms with van der Waals surface area (Å²) in [5.74, 6) is -0.871. The van der Waals surface area contributed by atoms with Crippen LogP contribution in [-0.2, 0) is 14.9 Å². The van der Waals surface area contributed by atoms with E-state index in [0.717, 1.165) is 0 Å². The van der Waals surface area contributed by atoms with Gasteiger partial charge in [0, 0.05) is 19.4 Å². The van der Waals surface area contributed by atoms with Crippen LogP contribution in [0.1, 0.15) is 28.9 Å². The second kappa shape index (κ2) is 4.63. The smallest absolute Gasteiger partial charge is 0.314 e. The molecule has 0 bridgehead atoms. The van der Waals surface area contributed by atoms with Gasteiger partial charge in [0.05, 0.1) is 5.41 Å². The first-order chi connectivity index (χ1) is 8.19. The summed E-state index contributed by atoms with van der Waals surface area (Å²) >= 11 is 0. The molecule has 1 saturated heterocycles. The lowest BCUT2D eigenvalue weighted by Crippen LogP contribution is -2.41. The standard InChI is InChI=1S/C12H13NO4/c14-8-10-7-9(1-4-13-10)12(11(15)16)2-5-17-6-3-12/h1,4,7-8H,2-3,5-6H2,(H,15,16). The molecule has 0 aromatic carbocycles. The summed E-state index contributed by atoms with van der Waals surface area (Å²) in [7, 11) is 0. The Morgan fingerprint density at radius 1 is 1.47 bits per heavy atom. The zero-order chi connectivity index (χ0) is 12.3. The third-order valence-electron chi connectivity index (χ3n) is 3.21. The number of hydrogen-bond acceptors (Lipinski definition) is 4. The summed E-state index contributed by atoms with van der Waals surface area (Å²) in [5.41, 5.74) is -0.0566. The Balaban J connectivity index is 2.44. The van der Waals surface area contributed by atoms with Crippen LogP contribution in [0.3, 0.4) is 0 Å². The normalized spacial score (nSPS) is 18.6. The van der Waals surface area contributed by atoms with E-state index in [1.807, 2.05) is 0 Å². The maximum absolute atomic E-state index is 11.5. The number of aliphatic carboxylic acids is 1. The van der Waals surface area contributed by atoms with Crippen molar-refractivity contribution in [2.75, 3.05) is 13.2 Å². The fourth-order valence-electron chi connectivity index (χ4n) is 2.16. The van der Waals surface area contributed by atoms with E-state index in [0.29, 0.717) is 37.9 Å². The zero-order valence-corrected chi connectivity index (χ0v) is 9.26. The lowest BCUT2D eigenvalue weighted by molar-refractivity contribution is -0.147. The summed E-state index contributed by atoms with van der Waals surface area (Å²) in [5, 5.41) is 9.44. The average Bonchev–Trinajstić information content (AvgIpc) is 2.39. The van der Waals surface area contributed by atoms with Gasteiger partial charge in [-0.15, -0.1) is 0 Å². The van der Waals surface area contributed by atoms with Crippen LogP contribution < -0.4 is 0 Å². The van der Waals surface area contributed by atoms with E-state index in [1.54, 1.807) is 12.1 Å². The van der Waals surface area contributed by atoms with Crippen LogP contribution in [0.15, 0.2) is 18.3 Å². The van der Waals surface area contributed by atoms with Gasteiger partial charge in [0.1, 0.15) is 5.69 Å². The second-order valence-corrected chi connectivity index (χ2v) is 4.09. The summed E-state index contributed by atoms with van der Waals surface area (Å²) < 4.78 is 5.20. The van der Waals surface area contributed by atoms with Crippen molar-refractivity contribution >= 4 is 12.3 Å². The van der Waals surface area contributed by atoms with Crippen molar-refractivity contribution in [1.29, 1.82) is 0 Å². The first-order valence-corrected chi connectivity index (χ1v) is 5.42. The van der Waals surface area contributed by atoms with Crippen molar-refractivity contribution in [3.05, 3.63) is 29.6 Å². The number of pyridine rings is 1. The van der Waals surface area contributed by atoms with Crippen molar-refractivity contribution in [3.8, 4) is 0 Å². The van der Waals surface area contributed by atoms with E-state index in [9.17, 15) is 14.7 Å². The van der Waals surface area contributed by atoms with Gasteiger partial charge >= 0.3 is 5.97 Å². The number of carboxylic acids is 1. The van der Waals surface area contributed by atoms with Crippen molar-refractivity contribution in [1.82, 2.24) is 4.98 Å². The van der Waals surface area contributed by atoms with Gasteiger partial charge in [-0.05, 0) is 30.5 Å². The summed E-state index contributed by atoms with van der Waals surface area (Å²) in [6, 6.07) is 3.21. The van der Waals surface area contributed by atoms with Crippen LogP contribution in [0.2, 0.25) is 0 Å². The molecule has 17 heavy (non-hydrogen) atoms. The number of nitrogens with zero attached hydrogens (tertiary/aromatic N) is 1. The van der Waals surface area contributed by atoms with Gasteiger partial charge in [0.15, 0.2) is 6.29 Å². The third-order valence-corrected chi connectivity index (χ3v) is 3.21. The molecule has 1 aromatic heterocycles. The van der Waals surface area contributed by atoms with E-state index in [4.69, 9.17) is 4.74 Å². The molecule has 0 radical (unpaired) electrons. The number of hydrogen-bond donors (Lipinski definition) is 1. The van der Waals surface area contributed by atoms with Gasteiger partial charge in [0.2, 0.25) is 0 Å². The Hall–Kier alpha value is -1.75. The number of rotatable bonds is 3. The molecule has 90 valence electrons. The van der Waals surface area contributed by atoms with Crippen molar-refractivity contribution < 1.29 is 19.4 Å². The van der Waals surface area contributed by atoms with Crippen LogP contribution in [0, 0.1) is 0 Å². The molecule has 1 aliphatic heterocycles. The Morgan fingerprint density at radius 2 is 2.18 bits per heavy atom. The van der Waals surface area contributed by atoms with Crippen LogP contribution in [0.25, 0.3) is 0 Å². The largest absolute Gasteiger partial charge is 0.481 e. The number of carbonyl (C=O) groups excluding carboxylic acids is 1. The molecule has 5 nitrogen and oxygen atoms in total. The minimum Gasteiger partial charge on any atom is -0.481 e. The number of carbonyl (C=O) groups is 2. The second-order valence-electron chi connectivity index (χ2n) is 4.09. The molecule has 1 aromatic rings. The highest BCUT2D eigenvalue weighted by atomic mass is 16.5. The summed E-state index contributed by atoms with van der Waals surface area (Å²) in [4.78, 5) is 26.0. The molecule has 1 fully saturated rings. The molecule has 0 saturated carbocycles. The highest BCUT2D eigenvalue weighted by Gasteiger charge is 2.42. The first-order valence-electron chi connectivity index (χ1n) is 5.42. The molecule has 0 spiro atoms. The fourth-order valence-corrected chi connectivity index (χ4v) is 2.16. The van der Waals surface area contributed by atoms with Gasteiger partial charge in [-0.1, -0.05) is 0 Å². The number of aldehydes is 1. The van der Waals surface area contributed by atoms with Crippen LogP contribution in [0.4, 0.5) is 0 Å². The van der Waals surface area contributed by atoms with Crippen molar-refractivity contribution in [2.24, 2.45) is 0 Å². The molecule has 2 heterocycles. The molecule has 1 N–H and O–H groups in total. The molecule has 0 aliphatic carbocycles. The highest BCUT2D eigenvalue weighted by Crippen LogP contribution is 2.35. The molecule has 0 amide bonds. The quantitative estimate of drug-likeness (QED) is 0.792. The minimum atomic E-state index is -0.945. The van der Waals surface area contributed by atoms with Gasteiger partial charge in [-0.2, -0.15) is 0 Å². The fraction of sp³-hybridized carbons (Fsp3) is 0.417.